The molecule has 3 heteroatoms. The van der Waals surface area contributed by atoms with Crippen LogP contribution in [0.4, 0.5) is 0 Å². The summed E-state index contributed by atoms with van der Waals surface area (Å²) < 4.78 is 5.63. The van der Waals surface area contributed by atoms with Crippen LogP contribution in [0.15, 0.2) is 12.1 Å². The van der Waals surface area contributed by atoms with E-state index in [0.717, 1.165) is 43.3 Å². The maximum absolute atomic E-state index is 6.07. The van der Waals surface area contributed by atoms with Gasteiger partial charge in [-0.1, -0.05) is 18.5 Å². The van der Waals surface area contributed by atoms with Gasteiger partial charge in [-0.2, -0.15) is 0 Å². The van der Waals surface area contributed by atoms with Crippen LogP contribution in [0.3, 0.4) is 0 Å². The highest BCUT2D eigenvalue weighted by Crippen LogP contribution is 2.32. The third-order valence-corrected chi connectivity index (χ3v) is 2.86. The van der Waals surface area contributed by atoms with Crippen LogP contribution in [0.25, 0.3) is 0 Å². The first kappa shape index (κ1) is 10.8. The SMILES string of the molecule is CCNCCc1cc(Cl)cc2c1OCC2. The van der Waals surface area contributed by atoms with Gasteiger partial charge in [-0.3, -0.25) is 0 Å². The van der Waals surface area contributed by atoms with Crippen molar-refractivity contribution in [1.82, 2.24) is 5.32 Å². The number of ether oxygens (including phenoxy) is 1. The predicted molar refractivity (Wildman–Crippen MR) is 62.9 cm³/mol. The van der Waals surface area contributed by atoms with Gasteiger partial charge in [0.25, 0.3) is 0 Å². The normalized spacial score (nSPS) is 13.7. The summed E-state index contributed by atoms with van der Waals surface area (Å²) in [4.78, 5) is 0. The third kappa shape index (κ3) is 2.44. The summed E-state index contributed by atoms with van der Waals surface area (Å²) in [7, 11) is 0. The second-order valence-corrected chi connectivity index (χ2v) is 4.19. The van der Waals surface area contributed by atoms with Gasteiger partial charge in [-0.15, -0.1) is 0 Å². The van der Waals surface area contributed by atoms with Gasteiger partial charge in [0.1, 0.15) is 5.75 Å². The Bertz CT molecular complexity index is 352. The van der Waals surface area contributed by atoms with Crippen molar-refractivity contribution in [2.24, 2.45) is 0 Å². The van der Waals surface area contributed by atoms with Gasteiger partial charge in [0.2, 0.25) is 0 Å². The Balaban J connectivity index is 2.15. The van der Waals surface area contributed by atoms with Crippen molar-refractivity contribution in [1.29, 1.82) is 0 Å². The maximum Gasteiger partial charge on any atom is 0.125 e. The lowest BCUT2D eigenvalue weighted by molar-refractivity contribution is 0.353. The molecule has 1 heterocycles. The zero-order chi connectivity index (χ0) is 10.7. The van der Waals surface area contributed by atoms with Crippen LogP contribution in [0.1, 0.15) is 18.1 Å². The van der Waals surface area contributed by atoms with Crippen molar-refractivity contribution in [2.75, 3.05) is 19.7 Å². The van der Waals surface area contributed by atoms with E-state index in [1.807, 2.05) is 12.1 Å². The number of hydrogen-bond acceptors (Lipinski definition) is 2. The molecule has 0 aromatic heterocycles. The van der Waals surface area contributed by atoms with E-state index in [0.29, 0.717) is 0 Å². The number of benzene rings is 1. The van der Waals surface area contributed by atoms with Crippen molar-refractivity contribution in [3.63, 3.8) is 0 Å². The fraction of sp³-hybridized carbons (Fsp3) is 0.500. The van der Waals surface area contributed by atoms with E-state index >= 15 is 0 Å². The summed E-state index contributed by atoms with van der Waals surface area (Å²) in [5, 5.41) is 4.13. The van der Waals surface area contributed by atoms with Crippen LogP contribution in [0.5, 0.6) is 5.75 Å². The van der Waals surface area contributed by atoms with Gasteiger partial charge in [0.05, 0.1) is 6.61 Å². The van der Waals surface area contributed by atoms with Crippen molar-refractivity contribution < 1.29 is 4.74 Å². The molecule has 0 saturated heterocycles. The Hall–Kier alpha value is -0.730. The molecule has 0 aliphatic carbocycles. The van der Waals surface area contributed by atoms with Crippen molar-refractivity contribution in [2.45, 2.75) is 19.8 Å². The molecule has 1 aromatic carbocycles. The lowest BCUT2D eigenvalue weighted by Crippen LogP contribution is -2.16. The standard InChI is InChI=1S/C12H16ClNO/c1-2-14-5-3-9-7-11(13)8-10-4-6-15-12(9)10/h7-8,14H,2-6H2,1H3. The zero-order valence-corrected chi connectivity index (χ0v) is 9.73. The average molecular weight is 226 g/mol. The van der Waals surface area contributed by atoms with Crippen LogP contribution < -0.4 is 10.1 Å². The van der Waals surface area contributed by atoms with E-state index in [1.54, 1.807) is 0 Å². The van der Waals surface area contributed by atoms with Crippen LogP contribution in [-0.4, -0.2) is 19.7 Å². The Kier molecular flexibility index (Phi) is 3.49. The molecule has 0 spiro atoms. The molecule has 82 valence electrons. The molecule has 0 fully saturated rings. The van der Waals surface area contributed by atoms with E-state index in [1.165, 1.54) is 11.1 Å². The van der Waals surface area contributed by atoms with E-state index in [4.69, 9.17) is 16.3 Å². The van der Waals surface area contributed by atoms with Crippen LogP contribution >= 0.6 is 11.6 Å². The molecule has 1 aliphatic heterocycles. The Morgan fingerprint density at radius 3 is 3.13 bits per heavy atom. The quantitative estimate of drug-likeness (QED) is 0.795. The first-order valence-electron chi connectivity index (χ1n) is 5.46. The Morgan fingerprint density at radius 2 is 2.33 bits per heavy atom. The van der Waals surface area contributed by atoms with Crippen LogP contribution in [0.2, 0.25) is 5.02 Å². The largest absolute Gasteiger partial charge is 0.493 e. The second kappa shape index (κ2) is 4.86. The molecule has 1 aromatic rings. The molecule has 0 bridgehead atoms. The fourth-order valence-corrected chi connectivity index (χ4v) is 2.19. The summed E-state index contributed by atoms with van der Waals surface area (Å²) >= 11 is 6.07. The first-order chi connectivity index (χ1) is 7.31. The second-order valence-electron chi connectivity index (χ2n) is 3.76. The number of fused-ring (bicyclic) bond motifs is 1. The summed E-state index contributed by atoms with van der Waals surface area (Å²) in [6.07, 6.45) is 1.97. The van der Waals surface area contributed by atoms with Gasteiger partial charge < -0.3 is 10.1 Å². The highest BCUT2D eigenvalue weighted by Gasteiger charge is 2.16. The lowest BCUT2D eigenvalue weighted by atomic mass is 10.1. The molecule has 0 atom stereocenters. The molecule has 2 rings (SSSR count). The minimum absolute atomic E-state index is 0.796. The average Bonchev–Trinajstić information content (AvgIpc) is 2.65. The minimum atomic E-state index is 0.796. The van der Waals surface area contributed by atoms with Crippen molar-refractivity contribution in [3.8, 4) is 5.75 Å². The van der Waals surface area contributed by atoms with E-state index in [9.17, 15) is 0 Å². The van der Waals surface area contributed by atoms with Crippen LogP contribution in [0, 0.1) is 0 Å². The molecule has 0 unspecified atom stereocenters. The summed E-state index contributed by atoms with van der Waals surface area (Å²) in [5.74, 6) is 1.07. The van der Waals surface area contributed by atoms with E-state index < -0.39 is 0 Å². The van der Waals surface area contributed by atoms with Gasteiger partial charge in [-0.25, -0.2) is 0 Å². The molecule has 1 N–H and O–H groups in total. The van der Waals surface area contributed by atoms with Gasteiger partial charge in [-0.05, 0) is 42.8 Å². The summed E-state index contributed by atoms with van der Waals surface area (Å²) in [5.41, 5.74) is 2.49. The zero-order valence-electron chi connectivity index (χ0n) is 8.98. The summed E-state index contributed by atoms with van der Waals surface area (Å²) in [6.45, 7) is 4.89. The topological polar surface area (TPSA) is 21.3 Å². The Morgan fingerprint density at radius 1 is 1.47 bits per heavy atom. The van der Waals surface area contributed by atoms with Gasteiger partial charge >= 0.3 is 0 Å². The van der Waals surface area contributed by atoms with Crippen LogP contribution in [-0.2, 0) is 12.8 Å². The Labute approximate surface area is 95.6 Å². The molecular formula is C12H16ClNO. The highest BCUT2D eigenvalue weighted by molar-refractivity contribution is 6.30. The smallest absolute Gasteiger partial charge is 0.125 e. The predicted octanol–water partition coefficient (Wildman–Crippen LogP) is 2.43. The number of halogens is 1. The molecule has 2 nitrogen and oxygen atoms in total. The van der Waals surface area contributed by atoms with E-state index in [-0.39, 0.29) is 0 Å². The lowest BCUT2D eigenvalue weighted by Gasteiger charge is -2.09. The maximum atomic E-state index is 6.07. The summed E-state index contributed by atoms with van der Waals surface area (Å²) in [6, 6.07) is 4.03. The first-order valence-corrected chi connectivity index (χ1v) is 5.84. The van der Waals surface area contributed by atoms with Crippen molar-refractivity contribution in [3.05, 3.63) is 28.3 Å². The number of hydrogen-bond donors (Lipinski definition) is 1. The molecule has 0 radical (unpaired) electrons. The monoisotopic (exact) mass is 225 g/mol. The number of nitrogens with one attached hydrogen (secondary N) is 1. The van der Waals surface area contributed by atoms with Crippen molar-refractivity contribution >= 4 is 11.6 Å². The van der Waals surface area contributed by atoms with E-state index in [2.05, 4.69) is 12.2 Å². The number of rotatable bonds is 4. The fourth-order valence-electron chi connectivity index (χ4n) is 1.93. The minimum Gasteiger partial charge on any atom is -0.493 e. The van der Waals surface area contributed by atoms with Gasteiger partial charge in [0.15, 0.2) is 0 Å². The number of likely N-dealkylation sites (N-methyl/N-ethyl adjacent to an activating group) is 1. The third-order valence-electron chi connectivity index (χ3n) is 2.65. The van der Waals surface area contributed by atoms with Gasteiger partial charge in [0, 0.05) is 11.4 Å². The molecule has 15 heavy (non-hydrogen) atoms. The molecule has 1 aliphatic rings. The highest BCUT2D eigenvalue weighted by atomic mass is 35.5. The molecular weight excluding hydrogens is 210 g/mol. The molecule has 0 amide bonds. The molecule has 0 saturated carbocycles.